The van der Waals surface area contributed by atoms with Gasteiger partial charge in [0.15, 0.2) is 0 Å². The highest BCUT2D eigenvalue weighted by Gasteiger charge is 2.25. The molecule has 0 radical (unpaired) electrons. The Balaban J connectivity index is 1.90. The van der Waals surface area contributed by atoms with Crippen LogP contribution in [-0.2, 0) is 6.54 Å². The molecular formula is C13H19N3O2. The Morgan fingerprint density at radius 2 is 2.39 bits per heavy atom. The van der Waals surface area contributed by atoms with Crippen LogP contribution in [0.4, 0.5) is 0 Å². The largest absolute Gasteiger partial charge is 0.393 e. The van der Waals surface area contributed by atoms with Gasteiger partial charge >= 0.3 is 0 Å². The second-order valence-electron chi connectivity index (χ2n) is 4.71. The van der Waals surface area contributed by atoms with E-state index in [4.69, 9.17) is 5.73 Å². The number of aliphatic hydroxyl groups is 1. The summed E-state index contributed by atoms with van der Waals surface area (Å²) in [5, 5.41) is 12.5. The van der Waals surface area contributed by atoms with Crippen molar-refractivity contribution in [1.29, 1.82) is 0 Å². The Labute approximate surface area is 106 Å². The summed E-state index contributed by atoms with van der Waals surface area (Å²) in [4.78, 5) is 16.0. The highest BCUT2D eigenvalue weighted by molar-refractivity contribution is 5.94. The van der Waals surface area contributed by atoms with Gasteiger partial charge in [-0.25, -0.2) is 0 Å². The van der Waals surface area contributed by atoms with Gasteiger partial charge in [-0.3, -0.25) is 9.78 Å². The fraction of sp³-hybridized carbons (Fsp3) is 0.538. The van der Waals surface area contributed by atoms with Crippen LogP contribution in [0.25, 0.3) is 0 Å². The van der Waals surface area contributed by atoms with E-state index in [-0.39, 0.29) is 17.9 Å². The van der Waals surface area contributed by atoms with Gasteiger partial charge in [0.05, 0.1) is 11.8 Å². The Morgan fingerprint density at radius 1 is 1.56 bits per heavy atom. The maximum Gasteiger partial charge on any atom is 0.251 e. The fourth-order valence-corrected chi connectivity index (χ4v) is 2.31. The van der Waals surface area contributed by atoms with Crippen LogP contribution in [0.5, 0.6) is 0 Å². The molecule has 1 fully saturated rings. The number of carbonyl (C=O) groups excluding carboxylic acids is 1. The van der Waals surface area contributed by atoms with Crippen molar-refractivity contribution in [1.82, 2.24) is 10.3 Å². The smallest absolute Gasteiger partial charge is 0.251 e. The summed E-state index contributed by atoms with van der Waals surface area (Å²) >= 11 is 0. The molecule has 1 saturated carbocycles. The van der Waals surface area contributed by atoms with Gasteiger partial charge in [-0.1, -0.05) is 6.42 Å². The van der Waals surface area contributed by atoms with Crippen LogP contribution >= 0.6 is 0 Å². The molecule has 2 unspecified atom stereocenters. The number of amides is 1. The molecule has 0 aliphatic heterocycles. The third-order valence-electron chi connectivity index (χ3n) is 3.43. The second kappa shape index (κ2) is 5.93. The third kappa shape index (κ3) is 3.05. The molecular weight excluding hydrogens is 230 g/mol. The van der Waals surface area contributed by atoms with Crippen molar-refractivity contribution in [3.05, 3.63) is 29.6 Å². The van der Waals surface area contributed by atoms with Crippen molar-refractivity contribution >= 4 is 5.91 Å². The van der Waals surface area contributed by atoms with E-state index < -0.39 is 0 Å². The minimum atomic E-state index is -0.276. The molecule has 98 valence electrons. The van der Waals surface area contributed by atoms with Gasteiger partial charge in [0.1, 0.15) is 0 Å². The Bertz CT molecular complexity index is 422. The Hall–Kier alpha value is -1.46. The van der Waals surface area contributed by atoms with E-state index in [1.54, 1.807) is 18.3 Å². The lowest BCUT2D eigenvalue weighted by Crippen LogP contribution is -2.32. The first-order chi connectivity index (χ1) is 8.70. The number of nitrogens with zero attached hydrogens (tertiary/aromatic N) is 1. The van der Waals surface area contributed by atoms with E-state index in [1.807, 2.05) is 0 Å². The Kier molecular flexibility index (Phi) is 4.28. The second-order valence-corrected chi connectivity index (χ2v) is 4.71. The minimum absolute atomic E-state index is 0.133. The number of hydrogen-bond donors (Lipinski definition) is 3. The monoisotopic (exact) mass is 249 g/mol. The predicted octanol–water partition coefficient (Wildman–Crippen LogP) is 0.431. The highest BCUT2D eigenvalue weighted by Crippen LogP contribution is 2.24. The number of nitrogens with two attached hydrogens (primary N) is 1. The third-order valence-corrected chi connectivity index (χ3v) is 3.43. The molecule has 2 rings (SSSR count). The van der Waals surface area contributed by atoms with Gasteiger partial charge < -0.3 is 16.2 Å². The van der Waals surface area contributed by atoms with E-state index in [0.29, 0.717) is 24.3 Å². The molecule has 4 N–H and O–H groups in total. The highest BCUT2D eigenvalue weighted by atomic mass is 16.3. The molecule has 5 heteroatoms. The molecule has 1 amide bonds. The zero-order valence-electron chi connectivity index (χ0n) is 10.3. The minimum Gasteiger partial charge on any atom is -0.393 e. The number of rotatable bonds is 4. The quantitative estimate of drug-likeness (QED) is 0.722. The summed E-state index contributed by atoms with van der Waals surface area (Å²) in [6, 6.07) is 3.36. The summed E-state index contributed by atoms with van der Waals surface area (Å²) in [6.45, 7) is 0.850. The molecule has 1 aromatic heterocycles. The standard InChI is InChI=1S/C13H19N3O2/c14-7-11-6-9(4-5-15-11)13(18)16-8-10-2-1-3-12(10)17/h4-6,10,12,17H,1-3,7-8,14H2,(H,16,18). The molecule has 1 aromatic rings. The molecule has 5 nitrogen and oxygen atoms in total. The number of aliphatic hydroxyl groups excluding tert-OH is 1. The first kappa shape index (κ1) is 13.0. The molecule has 1 heterocycles. The Morgan fingerprint density at radius 3 is 3.06 bits per heavy atom. The molecule has 0 saturated heterocycles. The van der Waals surface area contributed by atoms with Crippen molar-refractivity contribution in [3.8, 4) is 0 Å². The average molecular weight is 249 g/mol. The lowest BCUT2D eigenvalue weighted by Gasteiger charge is -2.15. The fourth-order valence-electron chi connectivity index (χ4n) is 2.31. The van der Waals surface area contributed by atoms with Crippen molar-refractivity contribution in [2.45, 2.75) is 31.9 Å². The lowest BCUT2D eigenvalue weighted by atomic mass is 10.1. The summed E-state index contributed by atoms with van der Waals surface area (Å²) in [5.41, 5.74) is 6.75. The topological polar surface area (TPSA) is 88.2 Å². The van der Waals surface area contributed by atoms with Crippen LogP contribution < -0.4 is 11.1 Å². The summed E-state index contributed by atoms with van der Waals surface area (Å²) < 4.78 is 0. The van der Waals surface area contributed by atoms with Gasteiger partial charge in [0.25, 0.3) is 5.91 Å². The summed E-state index contributed by atoms with van der Waals surface area (Å²) in [7, 11) is 0. The number of hydrogen-bond acceptors (Lipinski definition) is 4. The van der Waals surface area contributed by atoms with E-state index in [0.717, 1.165) is 19.3 Å². The number of carbonyl (C=O) groups is 1. The number of nitrogens with one attached hydrogen (secondary N) is 1. The lowest BCUT2D eigenvalue weighted by molar-refractivity contribution is 0.0916. The van der Waals surface area contributed by atoms with Crippen molar-refractivity contribution in [3.63, 3.8) is 0 Å². The first-order valence-electron chi connectivity index (χ1n) is 6.32. The maximum absolute atomic E-state index is 11.9. The molecule has 2 atom stereocenters. The van der Waals surface area contributed by atoms with Gasteiger partial charge in [-0.05, 0) is 25.0 Å². The van der Waals surface area contributed by atoms with E-state index in [9.17, 15) is 9.90 Å². The zero-order valence-corrected chi connectivity index (χ0v) is 10.3. The SMILES string of the molecule is NCc1cc(C(=O)NCC2CCCC2O)ccn1. The van der Waals surface area contributed by atoms with Crippen LogP contribution in [0.3, 0.4) is 0 Å². The first-order valence-corrected chi connectivity index (χ1v) is 6.32. The van der Waals surface area contributed by atoms with Crippen LogP contribution in [-0.4, -0.2) is 28.6 Å². The van der Waals surface area contributed by atoms with Gasteiger partial charge in [-0.15, -0.1) is 0 Å². The van der Waals surface area contributed by atoms with Crippen molar-refractivity contribution < 1.29 is 9.90 Å². The number of aromatic nitrogens is 1. The maximum atomic E-state index is 11.9. The predicted molar refractivity (Wildman–Crippen MR) is 67.8 cm³/mol. The van der Waals surface area contributed by atoms with E-state index >= 15 is 0 Å². The zero-order chi connectivity index (χ0) is 13.0. The number of pyridine rings is 1. The molecule has 0 spiro atoms. The van der Waals surface area contributed by atoms with Gasteiger partial charge in [0.2, 0.25) is 0 Å². The van der Waals surface area contributed by atoms with E-state index in [1.165, 1.54) is 0 Å². The van der Waals surface area contributed by atoms with E-state index in [2.05, 4.69) is 10.3 Å². The summed E-state index contributed by atoms with van der Waals surface area (Å²) in [6.07, 6.45) is 4.16. The van der Waals surface area contributed by atoms with Crippen LogP contribution in [0.15, 0.2) is 18.3 Å². The van der Waals surface area contributed by atoms with Gasteiger partial charge in [0, 0.05) is 30.8 Å². The molecule has 1 aliphatic carbocycles. The molecule has 18 heavy (non-hydrogen) atoms. The normalized spacial score (nSPS) is 23.0. The van der Waals surface area contributed by atoms with Crippen LogP contribution in [0.2, 0.25) is 0 Å². The average Bonchev–Trinajstić information content (AvgIpc) is 2.81. The summed E-state index contributed by atoms with van der Waals surface area (Å²) in [5.74, 6) is 0.0518. The van der Waals surface area contributed by atoms with Gasteiger partial charge in [-0.2, -0.15) is 0 Å². The van der Waals surface area contributed by atoms with Crippen LogP contribution in [0, 0.1) is 5.92 Å². The molecule has 0 aromatic carbocycles. The molecule has 0 bridgehead atoms. The van der Waals surface area contributed by atoms with Crippen LogP contribution in [0.1, 0.15) is 35.3 Å². The molecule has 1 aliphatic rings. The van der Waals surface area contributed by atoms with Crippen molar-refractivity contribution in [2.24, 2.45) is 11.7 Å². The van der Waals surface area contributed by atoms with Crippen molar-refractivity contribution in [2.75, 3.05) is 6.54 Å².